The van der Waals surface area contributed by atoms with Crippen molar-refractivity contribution in [3.05, 3.63) is 54.1 Å². The molecule has 1 heterocycles. The Kier molecular flexibility index (Phi) is 5.64. The molecule has 1 unspecified atom stereocenters. The molecule has 124 valence electrons. The van der Waals surface area contributed by atoms with E-state index in [1.54, 1.807) is 0 Å². The zero-order chi connectivity index (χ0) is 16.9. The van der Waals surface area contributed by atoms with Crippen LogP contribution in [-0.4, -0.2) is 29.2 Å². The molecule has 23 heavy (non-hydrogen) atoms. The van der Waals surface area contributed by atoms with E-state index in [0.29, 0.717) is 6.54 Å². The van der Waals surface area contributed by atoms with Crippen molar-refractivity contribution in [3.8, 4) is 0 Å². The van der Waals surface area contributed by atoms with E-state index in [1.165, 1.54) is 11.1 Å². The van der Waals surface area contributed by atoms with Gasteiger partial charge >= 0.3 is 6.09 Å². The first kappa shape index (κ1) is 17.3. The van der Waals surface area contributed by atoms with Crippen LogP contribution < -0.4 is 0 Å². The number of hydrogen-bond acceptors (Lipinski definition) is 2. The molecule has 0 bridgehead atoms. The van der Waals surface area contributed by atoms with Crippen LogP contribution in [0.1, 0.15) is 45.6 Å². The van der Waals surface area contributed by atoms with Gasteiger partial charge < -0.3 is 9.64 Å². The first-order valence-electron chi connectivity index (χ1n) is 8.24. The molecule has 1 aliphatic heterocycles. The second-order valence-corrected chi connectivity index (χ2v) is 7.02. The van der Waals surface area contributed by atoms with Gasteiger partial charge in [0.1, 0.15) is 5.60 Å². The SMILES string of the molecule is C=CCC1C/C(=C/c2ccccc2)CCN1C(=O)OC(C)(C)C. The van der Waals surface area contributed by atoms with Crippen LogP contribution in [0.3, 0.4) is 0 Å². The number of hydrogen-bond donors (Lipinski definition) is 0. The van der Waals surface area contributed by atoms with Crippen molar-refractivity contribution in [3.63, 3.8) is 0 Å². The molecule has 0 N–H and O–H groups in total. The van der Waals surface area contributed by atoms with Gasteiger partial charge in [-0.05, 0) is 45.6 Å². The minimum atomic E-state index is -0.462. The smallest absolute Gasteiger partial charge is 0.410 e. The lowest BCUT2D eigenvalue weighted by Gasteiger charge is -2.37. The van der Waals surface area contributed by atoms with Gasteiger partial charge in [0.25, 0.3) is 0 Å². The maximum Gasteiger partial charge on any atom is 0.410 e. The molecule has 1 saturated heterocycles. The number of carbonyl (C=O) groups excluding carboxylic acids is 1. The standard InChI is InChI=1S/C20H27NO2/c1-5-9-18-15-17(14-16-10-7-6-8-11-16)12-13-21(18)19(22)23-20(2,3)4/h5-8,10-11,14,18H,1,9,12-13,15H2,2-4H3/b17-14+. The number of rotatable bonds is 3. The highest BCUT2D eigenvalue weighted by Gasteiger charge is 2.31. The zero-order valence-corrected chi connectivity index (χ0v) is 14.4. The normalized spacial score (nSPS) is 20.4. The summed E-state index contributed by atoms with van der Waals surface area (Å²) >= 11 is 0. The highest BCUT2D eigenvalue weighted by atomic mass is 16.6. The predicted molar refractivity (Wildman–Crippen MR) is 95.2 cm³/mol. The Morgan fingerprint density at radius 1 is 1.35 bits per heavy atom. The van der Waals surface area contributed by atoms with E-state index in [9.17, 15) is 4.79 Å². The number of benzene rings is 1. The maximum atomic E-state index is 12.4. The van der Waals surface area contributed by atoms with Crippen molar-refractivity contribution in [2.75, 3.05) is 6.54 Å². The van der Waals surface area contributed by atoms with Crippen molar-refractivity contribution < 1.29 is 9.53 Å². The molecule has 0 spiro atoms. The molecule has 1 aromatic carbocycles. The molecule has 0 aliphatic carbocycles. The summed E-state index contributed by atoms with van der Waals surface area (Å²) in [6.07, 6.45) is 6.45. The number of amides is 1. The topological polar surface area (TPSA) is 29.5 Å². The van der Waals surface area contributed by atoms with Gasteiger partial charge in [-0.1, -0.05) is 48.1 Å². The van der Waals surface area contributed by atoms with E-state index in [2.05, 4.69) is 24.8 Å². The van der Waals surface area contributed by atoms with Crippen LogP contribution in [0.15, 0.2) is 48.6 Å². The molecule has 1 amide bonds. The van der Waals surface area contributed by atoms with Crippen molar-refractivity contribution in [2.24, 2.45) is 0 Å². The Morgan fingerprint density at radius 2 is 2.04 bits per heavy atom. The van der Waals surface area contributed by atoms with E-state index < -0.39 is 5.60 Å². The second kappa shape index (κ2) is 7.49. The summed E-state index contributed by atoms with van der Waals surface area (Å²) in [4.78, 5) is 14.3. The summed E-state index contributed by atoms with van der Waals surface area (Å²) in [6.45, 7) is 10.2. The Balaban J connectivity index is 2.10. The van der Waals surface area contributed by atoms with Crippen LogP contribution in [-0.2, 0) is 4.74 Å². The van der Waals surface area contributed by atoms with Crippen molar-refractivity contribution in [2.45, 2.75) is 51.7 Å². The third kappa shape index (κ3) is 5.27. The van der Waals surface area contributed by atoms with Gasteiger partial charge in [0, 0.05) is 12.6 Å². The van der Waals surface area contributed by atoms with Gasteiger partial charge in [-0.25, -0.2) is 4.79 Å². The van der Waals surface area contributed by atoms with Gasteiger partial charge in [-0.15, -0.1) is 6.58 Å². The minimum Gasteiger partial charge on any atom is -0.444 e. The Labute approximate surface area is 139 Å². The predicted octanol–water partition coefficient (Wildman–Crippen LogP) is 5.05. The molecule has 1 atom stereocenters. The van der Waals surface area contributed by atoms with Crippen LogP contribution in [0, 0.1) is 0 Å². The lowest BCUT2D eigenvalue weighted by atomic mass is 9.93. The van der Waals surface area contributed by atoms with E-state index in [0.717, 1.165) is 19.3 Å². The van der Waals surface area contributed by atoms with Crippen molar-refractivity contribution in [1.82, 2.24) is 4.90 Å². The fourth-order valence-corrected chi connectivity index (χ4v) is 2.84. The van der Waals surface area contributed by atoms with Gasteiger partial charge in [0.2, 0.25) is 0 Å². The number of ether oxygens (including phenoxy) is 1. The van der Waals surface area contributed by atoms with Gasteiger partial charge in [-0.3, -0.25) is 0 Å². The number of carbonyl (C=O) groups is 1. The molecular weight excluding hydrogens is 286 g/mol. The highest BCUT2D eigenvalue weighted by molar-refractivity contribution is 5.69. The van der Waals surface area contributed by atoms with Crippen molar-refractivity contribution >= 4 is 12.2 Å². The van der Waals surface area contributed by atoms with E-state index in [-0.39, 0.29) is 12.1 Å². The molecule has 3 heteroatoms. The molecule has 1 aliphatic rings. The van der Waals surface area contributed by atoms with Crippen LogP contribution in [0.2, 0.25) is 0 Å². The summed E-state index contributed by atoms with van der Waals surface area (Å²) in [5, 5.41) is 0. The quantitative estimate of drug-likeness (QED) is 0.731. The second-order valence-electron chi connectivity index (χ2n) is 7.02. The molecule has 0 radical (unpaired) electrons. The van der Waals surface area contributed by atoms with Gasteiger partial charge in [0.05, 0.1) is 0 Å². The Morgan fingerprint density at radius 3 is 2.65 bits per heavy atom. The van der Waals surface area contributed by atoms with Crippen LogP contribution >= 0.6 is 0 Å². The fourth-order valence-electron chi connectivity index (χ4n) is 2.84. The van der Waals surface area contributed by atoms with E-state index in [4.69, 9.17) is 4.74 Å². The summed E-state index contributed by atoms with van der Waals surface area (Å²) < 4.78 is 5.54. The fraction of sp³-hybridized carbons (Fsp3) is 0.450. The molecule has 0 saturated carbocycles. The lowest BCUT2D eigenvalue weighted by molar-refractivity contribution is 0.0137. The molecule has 2 rings (SSSR count). The molecule has 3 nitrogen and oxygen atoms in total. The van der Waals surface area contributed by atoms with E-state index >= 15 is 0 Å². The molecule has 0 aromatic heterocycles. The molecule has 1 aromatic rings. The number of likely N-dealkylation sites (tertiary alicyclic amines) is 1. The minimum absolute atomic E-state index is 0.131. The summed E-state index contributed by atoms with van der Waals surface area (Å²) in [6, 6.07) is 10.5. The molecular formula is C20H27NO2. The van der Waals surface area contributed by atoms with Crippen LogP contribution in [0.4, 0.5) is 4.79 Å². The van der Waals surface area contributed by atoms with Crippen LogP contribution in [0.25, 0.3) is 6.08 Å². The van der Waals surface area contributed by atoms with Gasteiger partial charge in [-0.2, -0.15) is 0 Å². The number of piperidine rings is 1. The third-order valence-electron chi connectivity index (χ3n) is 3.85. The Bertz CT molecular complexity index is 569. The zero-order valence-electron chi connectivity index (χ0n) is 14.4. The first-order valence-corrected chi connectivity index (χ1v) is 8.24. The van der Waals surface area contributed by atoms with Crippen LogP contribution in [0.5, 0.6) is 0 Å². The lowest BCUT2D eigenvalue weighted by Crippen LogP contribution is -2.46. The maximum absolute atomic E-state index is 12.4. The van der Waals surface area contributed by atoms with E-state index in [1.807, 2.05) is 49.9 Å². The van der Waals surface area contributed by atoms with Gasteiger partial charge in [0.15, 0.2) is 0 Å². The first-order chi connectivity index (χ1) is 10.9. The summed E-state index contributed by atoms with van der Waals surface area (Å²) in [5.74, 6) is 0. The summed E-state index contributed by atoms with van der Waals surface area (Å²) in [7, 11) is 0. The number of nitrogens with zero attached hydrogens (tertiary/aromatic N) is 1. The largest absolute Gasteiger partial charge is 0.444 e. The summed E-state index contributed by atoms with van der Waals surface area (Å²) in [5.41, 5.74) is 2.13. The average molecular weight is 313 g/mol. The molecule has 1 fully saturated rings. The Hall–Kier alpha value is -2.03. The van der Waals surface area contributed by atoms with Crippen molar-refractivity contribution in [1.29, 1.82) is 0 Å². The third-order valence-corrected chi connectivity index (χ3v) is 3.85. The highest BCUT2D eigenvalue weighted by Crippen LogP contribution is 2.28. The average Bonchev–Trinajstić information content (AvgIpc) is 2.47. The monoisotopic (exact) mass is 313 g/mol.